The van der Waals surface area contributed by atoms with Gasteiger partial charge in [-0.15, -0.1) is 11.8 Å². The maximum absolute atomic E-state index is 13.2. The van der Waals surface area contributed by atoms with E-state index in [1.54, 1.807) is 29.6 Å². The van der Waals surface area contributed by atoms with Gasteiger partial charge in [0.2, 0.25) is 5.91 Å². The highest BCUT2D eigenvalue weighted by molar-refractivity contribution is 8.00. The van der Waals surface area contributed by atoms with Gasteiger partial charge in [-0.2, -0.15) is 0 Å². The summed E-state index contributed by atoms with van der Waals surface area (Å²) >= 11 is 3.05. The highest BCUT2D eigenvalue weighted by Crippen LogP contribution is 2.34. The lowest BCUT2D eigenvalue weighted by Crippen LogP contribution is -2.31. The molecule has 4 rings (SSSR count). The highest BCUT2D eigenvalue weighted by atomic mass is 32.2. The summed E-state index contributed by atoms with van der Waals surface area (Å²) in [4.78, 5) is 20.8. The van der Waals surface area contributed by atoms with Crippen LogP contribution in [0.1, 0.15) is 16.9 Å². The molecule has 0 aliphatic heterocycles. The number of furan rings is 1. The molecule has 4 aromatic rings. The SMILES string of the molecule is COc1ccc(SCC(=O)N(Cc2ccco2)c2nc3c(C)ccc(C)c3s2)cc1. The lowest BCUT2D eigenvalue weighted by Gasteiger charge is -2.18. The number of carbonyl (C=O) groups excluding carboxylic acids is 1. The molecule has 1 amide bonds. The number of benzene rings is 2. The third-order valence-corrected chi connectivity index (χ3v) is 6.99. The standard InChI is InChI=1S/C23H22N2O3S2/c1-15-6-7-16(2)22-21(15)24-23(30-22)25(13-18-5-4-12-28-18)20(26)14-29-19-10-8-17(27-3)9-11-19/h4-12H,13-14H2,1-3H3. The number of thiazole rings is 1. The maximum Gasteiger partial charge on any atom is 0.239 e. The lowest BCUT2D eigenvalue weighted by atomic mass is 10.1. The Morgan fingerprint density at radius 2 is 1.90 bits per heavy atom. The molecule has 0 atom stereocenters. The fourth-order valence-corrected chi connectivity index (χ4v) is 4.98. The predicted octanol–water partition coefficient (Wildman–Crippen LogP) is 5.84. The molecule has 0 radical (unpaired) electrons. The summed E-state index contributed by atoms with van der Waals surface area (Å²) in [5.74, 6) is 1.82. The van der Waals surface area contributed by atoms with E-state index < -0.39 is 0 Å². The summed E-state index contributed by atoms with van der Waals surface area (Å²) in [6.45, 7) is 4.47. The monoisotopic (exact) mass is 438 g/mol. The van der Waals surface area contributed by atoms with Crippen LogP contribution >= 0.6 is 23.1 Å². The van der Waals surface area contributed by atoms with E-state index >= 15 is 0 Å². The van der Waals surface area contributed by atoms with Gasteiger partial charge in [-0.1, -0.05) is 23.5 Å². The van der Waals surface area contributed by atoms with E-state index in [1.807, 2.05) is 43.3 Å². The largest absolute Gasteiger partial charge is 0.497 e. The number of hydrogen-bond acceptors (Lipinski definition) is 6. The van der Waals surface area contributed by atoms with Gasteiger partial charge in [-0.25, -0.2) is 4.98 Å². The molecule has 0 spiro atoms. The van der Waals surface area contributed by atoms with Gasteiger partial charge in [0.05, 0.1) is 35.9 Å². The normalized spacial score (nSPS) is 11.0. The number of carbonyl (C=O) groups is 1. The van der Waals surface area contributed by atoms with Crippen LogP contribution in [0.2, 0.25) is 0 Å². The fraction of sp³-hybridized carbons (Fsp3) is 0.217. The van der Waals surface area contributed by atoms with E-state index in [1.165, 1.54) is 11.8 Å². The molecule has 0 bridgehead atoms. The average Bonchev–Trinajstić information content (AvgIpc) is 3.44. The van der Waals surface area contributed by atoms with Crippen molar-refractivity contribution in [2.45, 2.75) is 25.3 Å². The summed E-state index contributed by atoms with van der Waals surface area (Å²) in [6.07, 6.45) is 1.62. The van der Waals surface area contributed by atoms with Gasteiger partial charge in [0.25, 0.3) is 0 Å². The van der Waals surface area contributed by atoms with Crippen LogP contribution in [-0.4, -0.2) is 23.8 Å². The zero-order valence-electron chi connectivity index (χ0n) is 17.0. The Morgan fingerprint density at radius 1 is 1.13 bits per heavy atom. The van der Waals surface area contributed by atoms with Crippen molar-refractivity contribution >= 4 is 44.4 Å². The van der Waals surface area contributed by atoms with Gasteiger partial charge in [0.15, 0.2) is 5.13 Å². The first-order chi connectivity index (χ1) is 14.5. The highest BCUT2D eigenvalue weighted by Gasteiger charge is 2.22. The zero-order valence-corrected chi connectivity index (χ0v) is 18.7. The number of anilines is 1. The molecule has 0 N–H and O–H groups in total. The number of aromatic nitrogens is 1. The van der Waals surface area contributed by atoms with Crippen LogP contribution in [-0.2, 0) is 11.3 Å². The van der Waals surface area contributed by atoms with Crippen LogP contribution in [0, 0.1) is 13.8 Å². The smallest absolute Gasteiger partial charge is 0.239 e. The Kier molecular flexibility index (Phi) is 6.11. The van der Waals surface area contributed by atoms with Crippen molar-refractivity contribution in [1.82, 2.24) is 4.98 Å². The Bertz CT molecular complexity index is 1110. The third kappa shape index (κ3) is 4.37. The van der Waals surface area contributed by atoms with E-state index in [2.05, 4.69) is 19.1 Å². The van der Waals surface area contributed by atoms with E-state index in [0.29, 0.717) is 17.4 Å². The van der Waals surface area contributed by atoms with E-state index in [4.69, 9.17) is 14.1 Å². The first-order valence-electron chi connectivity index (χ1n) is 9.51. The number of ether oxygens (including phenoxy) is 1. The predicted molar refractivity (Wildman–Crippen MR) is 123 cm³/mol. The second kappa shape index (κ2) is 8.93. The number of fused-ring (bicyclic) bond motifs is 1. The van der Waals surface area contributed by atoms with Crippen LogP contribution in [0.15, 0.2) is 64.1 Å². The molecule has 0 aliphatic rings. The van der Waals surface area contributed by atoms with E-state index in [0.717, 1.165) is 37.7 Å². The number of hydrogen-bond donors (Lipinski definition) is 0. The van der Waals surface area contributed by atoms with Crippen molar-refractivity contribution in [2.24, 2.45) is 0 Å². The summed E-state index contributed by atoms with van der Waals surface area (Å²) < 4.78 is 11.8. The number of thioether (sulfide) groups is 1. The number of nitrogens with zero attached hydrogens (tertiary/aromatic N) is 2. The van der Waals surface area contributed by atoms with E-state index in [9.17, 15) is 4.79 Å². The summed E-state index contributed by atoms with van der Waals surface area (Å²) in [5.41, 5.74) is 3.23. The van der Waals surface area contributed by atoms with Crippen LogP contribution in [0.4, 0.5) is 5.13 Å². The number of amides is 1. The number of aryl methyl sites for hydroxylation is 2. The average molecular weight is 439 g/mol. The van der Waals surface area contributed by atoms with Crippen LogP contribution in [0.3, 0.4) is 0 Å². The van der Waals surface area contributed by atoms with E-state index in [-0.39, 0.29) is 5.91 Å². The molecule has 5 nitrogen and oxygen atoms in total. The maximum atomic E-state index is 13.2. The van der Waals surface area contributed by atoms with Gasteiger partial charge in [0.1, 0.15) is 11.5 Å². The molecule has 0 saturated heterocycles. The molecule has 2 heterocycles. The zero-order chi connectivity index (χ0) is 21.1. The molecule has 0 unspecified atom stereocenters. The van der Waals surface area contributed by atoms with Gasteiger partial charge >= 0.3 is 0 Å². The summed E-state index contributed by atoms with van der Waals surface area (Å²) in [5, 5.41) is 0.694. The molecular weight excluding hydrogens is 416 g/mol. The Balaban J connectivity index is 1.60. The summed E-state index contributed by atoms with van der Waals surface area (Å²) in [6, 6.07) is 15.6. The van der Waals surface area contributed by atoms with Crippen LogP contribution in [0.5, 0.6) is 5.75 Å². The van der Waals surface area contributed by atoms with Crippen molar-refractivity contribution in [3.8, 4) is 5.75 Å². The second-order valence-corrected chi connectivity index (χ2v) is 8.92. The van der Waals surface area contributed by atoms with Crippen molar-refractivity contribution in [1.29, 1.82) is 0 Å². The Hall–Kier alpha value is -2.77. The topological polar surface area (TPSA) is 55.6 Å². The minimum atomic E-state index is -0.0124. The van der Waals surface area contributed by atoms with Gasteiger partial charge in [-0.3, -0.25) is 9.69 Å². The second-order valence-electron chi connectivity index (χ2n) is 6.90. The third-order valence-electron chi connectivity index (χ3n) is 4.78. The molecule has 0 fully saturated rings. The van der Waals surface area contributed by atoms with Gasteiger partial charge < -0.3 is 9.15 Å². The molecule has 0 saturated carbocycles. The molecule has 154 valence electrons. The molecule has 7 heteroatoms. The minimum absolute atomic E-state index is 0.0124. The molecular formula is C23H22N2O3S2. The first kappa shape index (κ1) is 20.5. The van der Waals surface area contributed by atoms with Crippen molar-refractivity contribution in [3.63, 3.8) is 0 Å². The molecule has 30 heavy (non-hydrogen) atoms. The number of rotatable bonds is 7. The molecule has 0 aliphatic carbocycles. The number of methoxy groups -OCH3 is 1. The Labute approximate surface area is 183 Å². The fourth-order valence-electron chi connectivity index (χ4n) is 3.08. The van der Waals surface area contributed by atoms with Crippen LogP contribution in [0.25, 0.3) is 10.2 Å². The van der Waals surface area contributed by atoms with Crippen molar-refractivity contribution in [2.75, 3.05) is 17.8 Å². The molecule has 2 aromatic carbocycles. The molecule has 2 aromatic heterocycles. The lowest BCUT2D eigenvalue weighted by molar-refractivity contribution is -0.116. The van der Waals surface area contributed by atoms with Crippen LogP contribution < -0.4 is 9.64 Å². The Morgan fingerprint density at radius 3 is 2.57 bits per heavy atom. The van der Waals surface area contributed by atoms with Gasteiger partial charge in [-0.05, 0) is 61.4 Å². The minimum Gasteiger partial charge on any atom is -0.497 e. The van der Waals surface area contributed by atoms with Gasteiger partial charge in [0, 0.05) is 4.90 Å². The first-order valence-corrected chi connectivity index (χ1v) is 11.3. The van der Waals surface area contributed by atoms with Crippen molar-refractivity contribution < 1.29 is 13.9 Å². The summed E-state index contributed by atoms with van der Waals surface area (Å²) in [7, 11) is 1.64. The quantitative estimate of drug-likeness (QED) is 0.339. The van der Waals surface area contributed by atoms with Crippen molar-refractivity contribution in [3.05, 3.63) is 71.7 Å².